The second-order valence-corrected chi connectivity index (χ2v) is 11.2. The number of sulfonamides is 1. The van der Waals surface area contributed by atoms with Crippen LogP contribution in [0.5, 0.6) is 0 Å². The number of hydrogen-bond acceptors (Lipinski definition) is 4. The molecule has 1 aromatic heterocycles. The van der Waals surface area contributed by atoms with Crippen molar-refractivity contribution in [1.82, 2.24) is 14.8 Å². The van der Waals surface area contributed by atoms with Gasteiger partial charge in [0.05, 0.1) is 10.6 Å². The third kappa shape index (κ3) is 4.34. The maximum Gasteiger partial charge on any atom is 0.261 e. The lowest BCUT2D eigenvalue weighted by molar-refractivity contribution is 0.311. The van der Waals surface area contributed by atoms with Crippen molar-refractivity contribution in [1.29, 1.82) is 0 Å². The third-order valence-electron chi connectivity index (χ3n) is 5.80. The van der Waals surface area contributed by atoms with E-state index in [-0.39, 0.29) is 10.3 Å². The summed E-state index contributed by atoms with van der Waals surface area (Å²) in [6, 6.07) is 12.4. The zero-order valence-electron chi connectivity index (χ0n) is 18.2. The quantitative estimate of drug-likeness (QED) is 0.529. The van der Waals surface area contributed by atoms with E-state index >= 15 is 0 Å². The van der Waals surface area contributed by atoms with Gasteiger partial charge in [-0.05, 0) is 67.5 Å². The highest BCUT2D eigenvalue weighted by molar-refractivity contribution is 7.92. The molecule has 6 nitrogen and oxygen atoms in total. The summed E-state index contributed by atoms with van der Waals surface area (Å²) < 4.78 is 31.1. The van der Waals surface area contributed by atoms with Gasteiger partial charge < -0.3 is 4.57 Å². The third-order valence-corrected chi connectivity index (χ3v) is 7.42. The molecule has 0 spiro atoms. The molecule has 1 saturated carbocycles. The summed E-state index contributed by atoms with van der Waals surface area (Å²) in [6.45, 7) is 8.19. The summed E-state index contributed by atoms with van der Waals surface area (Å²) in [5.74, 6) is 1.44. The zero-order chi connectivity index (χ0) is 22.4. The Kier molecular flexibility index (Phi) is 5.60. The summed E-state index contributed by atoms with van der Waals surface area (Å²) in [5.41, 5.74) is 2.07. The van der Waals surface area contributed by atoms with E-state index in [2.05, 4.69) is 40.3 Å². The molecular weight excluding hydrogens is 432 g/mol. The van der Waals surface area contributed by atoms with Crippen LogP contribution in [0, 0.1) is 6.92 Å². The molecule has 1 heterocycles. The van der Waals surface area contributed by atoms with Gasteiger partial charge >= 0.3 is 0 Å². The average molecular weight is 459 g/mol. The smallest absolute Gasteiger partial charge is 0.261 e. The lowest BCUT2D eigenvalue weighted by Crippen LogP contribution is -2.20. The van der Waals surface area contributed by atoms with E-state index in [1.165, 1.54) is 6.42 Å². The van der Waals surface area contributed by atoms with Crippen LogP contribution in [0.25, 0.3) is 11.4 Å². The highest BCUT2D eigenvalue weighted by Gasteiger charge is 2.27. The van der Waals surface area contributed by atoms with Gasteiger partial charge in [0.25, 0.3) is 10.0 Å². The molecule has 4 rings (SSSR count). The highest BCUT2D eigenvalue weighted by atomic mass is 35.5. The standard InChI is InChI=1S/C23H27ClN4O2S/c1-15-25-26-22(28(15)18-6-5-7-18)20-14-17(24)10-13-21(20)27-31(29,30)19-11-8-16(9-12-19)23(2,3)4/h8-14,18,27H,5-7H2,1-4H3. The molecular formula is C23H27ClN4O2S. The first kappa shape index (κ1) is 21.8. The van der Waals surface area contributed by atoms with Gasteiger partial charge in [0, 0.05) is 16.6 Å². The predicted octanol–water partition coefficient (Wildman–Crippen LogP) is 5.73. The van der Waals surface area contributed by atoms with Gasteiger partial charge in [0.15, 0.2) is 5.82 Å². The summed E-state index contributed by atoms with van der Waals surface area (Å²) in [7, 11) is -3.79. The highest BCUT2D eigenvalue weighted by Crippen LogP contribution is 2.38. The molecule has 1 N–H and O–H groups in total. The van der Waals surface area contributed by atoms with Crippen molar-refractivity contribution in [3.63, 3.8) is 0 Å². The van der Waals surface area contributed by atoms with Gasteiger partial charge in [0.2, 0.25) is 0 Å². The van der Waals surface area contributed by atoms with E-state index in [0.29, 0.717) is 28.1 Å². The molecule has 3 aromatic rings. The first-order chi connectivity index (χ1) is 14.6. The van der Waals surface area contributed by atoms with Crippen LogP contribution >= 0.6 is 11.6 Å². The molecule has 0 amide bonds. The molecule has 2 aromatic carbocycles. The van der Waals surface area contributed by atoms with Gasteiger partial charge in [-0.15, -0.1) is 10.2 Å². The number of nitrogens with one attached hydrogen (secondary N) is 1. The Morgan fingerprint density at radius 3 is 2.32 bits per heavy atom. The van der Waals surface area contributed by atoms with Gasteiger partial charge in [0.1, 0.15) is 5.82 Å². The van der Waals surface area contributed by atoms with Gasteiger partial charge in [-0.25, -0.2) is 8.42 Å². The van der Waals surface area contributed by atoms with Crippen LogP contribution in [0.2, 0.25) is 5.02 Å². The minimum absolute atomic E-state index is 0.0530. The van der Waals surface area contributed by atoms with Gasteiger partial charge in [-0.2, -0.15) is 0 Å². The topological polar surface area (TPSA) is 76.9 Å². The number of hydrogen-bond donors (Lipinski definition) is 1. The molecule has 0 aliphatic heterocycles. The second kappa shape index (κ2) is 7.95. The summed E-state index contributed by atoms with van der Waals surface area (Å²) in [4.78, 5) is 0.207. The van der Waals surface area contributed by atoms with E-state index in [1.54, 1.807) is 30.3 Å². The van der Waals surface area contributed by atoms with Crippen LogP contribution < -0.4 is 4.72 Å². The van der Waals surface area contributed by atoms with Crippen LogP contribution in [-0.4, -0.2) is 23.2 Å². The van der Waals surface area contributed by atoms with Crippen molar-refractivity contribution < 1.29 is 8.42 Å². The fourth-order valence-electron chi connectivity index (χ4n) is 3.76. The molecule has 0 bridgehead atoms. The normalized spacial score (nSPS) is 15.0. The summed E-state index contributed by atoms with van der Waals surface area (Å²) >= 11 is 6.27. The molecule has 31 heavy (non-hydrogen) atoms. The molecule has 1 aliphatic rings. The number of benzene rings is 2. The Hall–Kier alpha value is -2.38. The molecule has 0 saturated heterocycles. The van der Waals surface area contributed by atoms with E-state index in [0.717, 1.165) is 24.2 Å². The summed E-state index contributed by atoms with van der Waals surface area (Å²) in [6.07, 6.45) is 3.29. The lowest BCUT2D eigenvalue weighted by atomic mass is 9.87. The molecule has 8 heteroatoms. The Balaban J connectivity index is 1.72. The second-order valence-electron chi connectivity index (χ2n) is 9.10. The first-order valence-corrected chi connectivity index (χ1v) is 12.3. The minimum atomic E-state index is -3.79. The lowest BCUT2D eigenvalue weighted by Gasteiger charge is -2.29. The Morgan fingerprint density at radius 2 is 1.74 bits per heavy atom. The zero-order valence-corrected chi connectivity index (χ0v) is 19.8. The molecule has 1 fully saturated rings. The van der Waals surface area contributed by atoms with Crippen LogP contribution in [0.15, 0.2) is 47.4 Å². The van der Waals surface area contributed by atoms with Crippen LogP contribution in [0.1, 0.15) is 57.5 Å². The summed E-state index contributed by atoms with van der Waals surface area (Å²) in [5, 5.41) is 9.11. The molecule has 1 aliphatic carbocycles. The van der Waals surface area contributed by atoms with E-state index in [9.17, 15) is 8.42 Å². The van der Waals surface area contributed by atoms with Crippen LogP contribution in [0.4, 0.5) is 5.69 Å². The van der Waals surface area contributed by atoms with Crippen molar-refractivity contribution in [2.24, 2.45) is 0 Å². The maximum absolute atomic E-state index is 13.1. The monoisotopic (exact) mass is 458 g/mol. The van der Waals surface area contributed by atoms with Crippen LogP contribution in [0.3, 0.4) is 0 Å². The van der Waals surface area contributed by atoms with E-state index < -0.39 is 10.0 Å². The Bertz CT molecular complexity index is 1210. The minimum Gasteiger partial charge on any atom is -0.308 e. The molecule has 0 unspecified atom stereocenters. The largest absolute Gasteiger partial charge is 0.308 e. The number of nitrogens with zero attached hydrogens (tertiary/aromatic N) is 3. The van der Waals surface area contributed by atoms with Crippen molar-refractivity contribution in [3.05, 3.63) is 58.9 Å². The first-order valence-electron chi connectivity index (χ1n) is 10.4. The van der Waals surface area contributed by atoms with E-state index in [1.807, 2.05) is 19.1 Å². The molecule has 0 atom stereocenters. The number of aromatic nitrogens is 3. The SMILES string of the molecule is Cc1nnc(-c2cc(Cl)ccc2NS(=O)(=O)c2ccc(C(C)(C)C)cc2)n1C1CCC1. The maximum atomic E-state index is 13.1. The van der Waals surface area contributed by atoms with Crippen molar-refractivity contribution in [3.8, 4) is 11.4 Å². The molecule has 0 radical (unpaired) electrons. The van der Waals surface area contributed by atoms with Crippen LogP contribution in [-0.2, 0) is 15.4 Å². The van der Waals surface area contributed by atoms with Crippen molar-refractivity contribution in [2.75, 3.05) is 4.72 Å². The van der Waals surface area contributed by atoms with Gasteiger partial charge in [-0.3, -0.25) is 4.72 Å². The van der Waals surface area contributed by atoms with E-state index in [4.69, 9.17) is 11.6 Å². The average Bonchev–Trinajstić information content (AvgIpc) is 3.02. The number of halogens is 1. The molecule has 164 valence electrons. The van der Waals surface area contributed by atoms with Crippen molar-refractivity contribution in [2.45, 2.75) is 63.3 Å². The Morgan fingerprint density at radius 1 is 1.06 bits per heavy atom. The number of rotatable bonds is 5. The number of anilines is 1. The predicted molar refractivity (Wildman–Crippen MR) is 124 cm³/mol. The van der Waals surface area contributed by atoms with Gasteiger partial charge in [-0.1, -0.05) is 44.5 Å². The van der Waals surface area contributed by atoms with Crippen molar-refractivity contribution >= 4 is 27.3 Å². The fraction of sp³-hybridized carbons (Fsp3) is 0.391. The fourth-order valence-corrected chi connectivity index (χ4v) is 5.02. The number of aryl methyl sites for hydroxylation is 1. The Labute approximate surface area is 188 Å².